The van der Waals surface area contributed by atoms with Crippen LogP contribution in [0.3, 0.4) is 0 Å². The van der Waals surface area contributed by atoms with Crippen molar-refractivity contribution in [3.63, 3.8) is 0 Å². The molecular weight excluding hydrogens is 216 g/mol. The molecule has 0 amide bonds. The fourth-order valence-corrected chi connectivity index (χ4v) is 1.80. The predicted octanol–water partition coefficient (Wildman–Crippen LogP) is 6.60. The van der Waals surface area contributed by atoms with Crippen LogP contribution in [0.5, 0.6) is 0 Å². The first kappa shape index (κ1) is 17.2. The maximum atomic E-state index is 2.32. The van der Waals surface area contributed by atoms with Crippen LogP contribution >= 0.6 is 0 Å². The highest BCUT2D eigenvalue weighted by molar-refractivity contribution is 4.97. The van der Waals surface area contributed by atoms with E-state index in [9.17, 15) is 0 Å². The molecule has 0 heterocycles. The third kappa shape index (κ3) is 15.2. The Bertz CT molecular complexity index is 196. The lowest BCUT2D eigenvalue weighted by Gasteiger charge is -1.91. The molecule has 0 aliphatic carbocycles. The van der Waals surface area contributed by atoms with Crippen LogP contribution in [0.15, 0.2) is 36.5 Å². The van der Waals surface area contributed by atoms with Gasteiger partial charge in [-0.2, -0.15) is 0 Å². The van der Waals surface area contributed by atoms with Gasteiger partial charge in [0.2, 0.25) is 0 Å². The number of hydrogen-bond acceptors (Lipinski definition) is 0. The molecule has 104 valence electrons. The minimum absolute atomic E-state index is 1.09. The molecule has 0 aromatic carbocycles. The Morgan fingerprint density at radius 3 is 1.28 bits per heavy atom. The van der Waals surface area contributed by atoms with Gasteiger partial charge in [0, 0.05) is 0 Å². The topological polar surface area (TPSA) is 0 Å². The first-order valence-electron chi connectivity index (χ1n) is 7.86. The van der Waals surface area contributed by atoms with Crippen LogP contribution in [0.2, 0.25) is 0 Å². The summed E-state index contributed by atoms with van der Waals surface area (Å²) in [7, 11) is 0. The summed E-state index contributed by atoms with van der Waals surface area (Å²) >= 11 is 0. The van der Waals surface area contributed by atoms with E-state index in [0.29, 0.717) is 0 Å². The van der Waals surface area contributed by atoms with E-state index in [4.69, 9.17) is 0 Å². The van der Waals surface area contributed by atoms with Gasteiger partial charge in [0.05, 0.1) is 0 Å². The summed E-state index contributed by atoms with van der Waals surface area (Å²) in [6.45, 7) is 4.50. The summed E-state index contributed by atoms with van der Waals surface area (Å²) in [6, 6.07) is 0. The van der Waals surface area contributed by atoms with Gasteiger partial charge in [-0.3, -0.25) is 0 Å². The monoisotopic (exact) mass is 248 g/mol. The maximum Gasteiger partial charge on any atom is -0.0169 e. The SMILES string of the molecule is CCCCC/C=C\C/C=C\C/C=C\CCCCC. The number of allylic oxidation sites excluding steroid dienone is 6. The van der Waals surface area contributed by atoms with E-state index >= 15 is 0 Å². The Labute approximate surface area is 115 Å². The molecule has 0 nitrogen and oxygen atoms in total. The Balaban J connectivity index is 3.27. The fraction of sp³-hybridized carbons (Fsp3) is 0.667. The van der Waals surface area contributed by atoms with E-state index in [1.807, 2.05) is 0 Å². The maximum absolute atomic E-state index is 2.32. The van der Waals surface area contributed by atoms with Gasteiger partial charge in [0.15, 0.2) is 0 Å². The third-order valence-electron chi connectivity index (χ3n) is 2.99. The summed E-state index contributed by atoms with van der Waals surface area (Å²) < 4.78 is 0. The van der Waals surface area contributed by atoms with E-state index in [1.165, 1.54) is 51.4 Å². The van der Waals surface area contributed by atoms with Crippen molar-refractivity contribution >= 4 is 0 Å². The highest BCUT2D eigenvalue weighted by atomic mass is 13.9. The predicted molar refractivity (Wildman–Crippen MR) is 84.9 cm³/mol. The fourth-order valence-electron chi connectivity index (χ4n) is 1.80. The molecule has 0 unspecified atom stereocenters. The summed E-state index contributed by atoms with van der Waals surface area (Å²) in [5.74, 6) is 0. The molecule has 0 N–H and O–H groups in total. The molecule has 0 heteroatoms. The normalized spacial score (nSPS) is 12.3. The van der Waals surface area contributed by atoms with E-state index in [0.717, 1.165) is 12.8 Å². The van der Waals surface area contributed by atoms with Crippen LogP contribution < -0.4 is 0 Å². The van der Waals surface area contributed by atoms with Gasteiger partial charge < -0.3 is 0 Å². The first-order chi connectivity index (χ1) is 8.91. The lowest BCUT2D eigenvalue weighted by molar-refractivity contribution is 0.728. The smallest absolute Gasteiger partial charge is 0.0169 e. The highest BCUT2D eigenvalue weighted by Crippen LogP contribution is 2.02. The molecule has 0 aromatic rings. The van der Waals surface area contributed by atoms with Crippen molar-refractivity contribution in [1.29, 1.82) is 0 Å². The van der Waals surface area contributed by atoms with Crippen LogP contribution in [0, 0.1) is 0 Å². The van der Waals surface area contributed by atoms with Crippen LogP contribution in [0.25, 0.3) is 0 Å². The number of rotatable bonds is 12. The Kier molecular flexibility index (Phi) is 15.5. The van der Waals surface area contributed by atoms with E-state index < -0.39 is 0 Å². The van der Waals surface area contributed by atoms with Crippen LogP contribution in [0.4, 0.5) is 0 Å². The third-order valence-corrected chi connectivity index (χ3v) is 2.99. The van der Waals surface area contributed by atoms with E-state index in [2.05, 4.69) is 50.3 Å². The van der Waals surface area contributed by atoms with Gasteiger partial charge in [0.1, 0.15) is 0 Å². The van der Waals surface area contributed by atoms with Gasteiger partial charge in [-0.05, 0) is 38.5 Å². The largest absolute Gasteiger partial charge is 0.0882 e. The highest BCUT2D eigenvalue weighted by Gasteiger charge is 1.81. The van der Waals surface area contributed by atoms with Gasteiger partial charge in [-0.25, -0.2) is 0 Å². The second-order valence-electron chi connectivity index (χ2n) is 4.88. The summed E-state index contributed by atoms with van der Waals surface area (Å²) in [5, 5.41) is 0. The molecule has 0 fully saturated rings. The molecule has 0 saturated carbocycles. The number of unbranched alkanes of at least 4 members (excludes halogenated alkanes) is 6. The van der Waals surface area contributed by atoms with Gasteiger partial charge >= 0.3 is 0 Å². The van der Waals surface area contributed by atoms with Crippen molar-refractivity contribution < 1.29 is 0 Å². The molecule has 18 heavy (non-hydrogen) atoms. The Morgan fingerprint density at radius 2 is 0.889 bits per heavy atom. The Hall–Kier alpha value is -0.780. The van der Waals surface area contributed by atoms with Crippen LogP contribution in [-0.4, -0.2) is 0 Å². The zero-order valence-corrected chi connectivity index (χ0v) is 12.5. The van der Waals surface area contributed by atoms with E-state index in [1.54, 1.807) is 0 Å². The van der Waals surface area contributed by atoms with Crippen LogP contribution in [0.1, 0.15) is 78.1 Å². The van der Waals surface area contributed by atoms with Crippen molar-refractivity contribution in [2.24, 2.45) is 0 Å². The van der Waals surface area contributed by atoms with Crippen molar-refractivity contribution in [2.75, 3.05) is 0 Å². The minimum Gasteiger partial charge on any atom is -0.0882 e. The summed E-state index contributed by atoms with van der Waals surface area (Å²) in [6.07, 6.45) is 26.5. The second-order valence-corrected chi connectivity index (χ2v) is 4.88. The molecule has 0 aliphatic rings. The van der Waals surface area contributed by atoms with Gasteiger partial charge in [0.25, 0.3) is 0 Å². The standard InChI is InChI=1S/C18H32/c1-3-5-7-9-11-13-15-17-18-16-14-12-10-8-6-4-2/h11-14,17-18H,3-10,15-16H2,1-2H3/b13-11-,14-12-,18-17-. The molecular formula is C18H32. The van der Waals surface area contributed by atoms with Crippen molar-refractivity contribution in [2.45, 2.75) is 78.1 Å². The molecule has 0 atom stereocenters. The average Bonchev–Trinajstić information content (AvgIpc) is 2.39. The Morgan fingerprint density at radius 1 is 0.500 bits per heavy atom. The molecule has 0 aromatic heterocycles. The van der Waals surface area contributed by atoms with Crippen molar-refractivity contribution in [3.8, 4) is 0 Å². The number of hydrogen-bond donors (Lipinski definition) is 0. The lowest BCUT2D eigenvalue weighted by atomic mass is 10.2. The first-order valence-corrected chi connectivity index (χ1v) is 7.86. The summed E-state index contributed by atoms with van der Waals surface area (Å²) in [5.41, 5.74) is 0. The van der Waals surface area contributed by atoms with Crippen molar-refractivity contribution in [1.82, 2.24) is 0 Å². The lowest BCUT2D eigenvalue weighted by Crippen LogP contribution is -1.71. The van der Waals surface area contributed by atoms with Gasteiger partial charge in [-0.15, -0.1) is 0 Å². The summed E-state index contributed by atoms with van der Waals surface area (Å²) in [4.78, 5) is 0. The molecule has 0 aliphatic heterocycles. The molecule has 0 saturated heterocycles. The average molecular weight is 248 g/mol. The zero-order valence-electron chi connectivity index (χ0n) is 12.5. The minimum atomic E-state index is 1.09. The molecule has 0 rings (SSSR count). The van der Waals surface area contributed by atoms with Crippen LogP contribution in [-0.2, 0) is 0 Å². The zero-order chi connectivity index (χ0) is 13.3. The van der Waals surface area contributed by atoms with Gasteiger partial charge in [-0.1, -0.05) is 76.0 Å². The van der Waals surface area contributed by atoms with E-state index in [-0.39, 0.29) is 0 Å². The molecule has 0 bridgehead atoms. The quantitative estimate of drug-likeness (QED) is 0.270. The molecule has 0 spiro atoms. The second kappa shape index (κ2) is 16.2. The molecule has 0 radical (unpaired) electrons. The van der Waals surface area contributed by atoms with Crippen molar-refractivity contribution in [3.05, 3.63) is 36.5 Å².